The van der Waals surface area contributed by atoms with Crippen LogP contribution in [0.25, 0.3) is 10.4 Å². The summed E-state index contributed by atoms with van der Waals surface area (Å²) in [5.74, 6) is 0.0263. The van der Waals surface area contributed by atoms with Crippen LogP contribution >= 0.6 is 0 Å². The van der Waals surface area contributed by atoms with Gasteiger partial charge in [0.25, 0.3) is 10.1 Å². The first-order chi connectivity index (χ1) is 21.2. The van der Waals surface area contributed by atoms with Crippen molar-refractivity contribution in [1.82, 2.24) is 5.32 Å². The van der Waals surface area contributed by atoms with Crippen molar-refractivity contribution in [2.75, 3.05) is 31.6 Å². The van der Waals surface area contributed by atoms with Gasteiger partial charge in [0.05, 0.1) is 10.3 Å². The molecule has 4 rings (SSSR count). The molecule has 45 heavy (non-hydrogen) atoms. The summed E-state index contributed by atoms with van der Waals surface area (Å²) in [4.78, 5) is 17.2. The average molecular weight is 634 g/mol. The summed E-state index contributed by atoms with van der Waals surface area (Å²) in [6.45, 7) is 12.5. The highest BCUT2D eigenvalue weighted by molar-refractivity contribution is 7.85. The zero-order valence-electron chi connectivity index (χ0n) is 27.2. The summed E-state index contributed by atoms with van der Waals surface area (Å²) < 4.78 is 35.3. The van der Waals surface area contributed by atoms with Crippen LogP contribution in [0.5, 0.6) is 0 Å². The Morgan fingerprint density at radius 3 is 2.53 bits per heavy atom. The first-order valence-corrected chi connectivity index (χ1v) is 16.9. The molecule has 2 aromatic carbocycles. The molecule has 1 amide bonds. The number of aryl methyl sites for hydroxylation is 1. The van der Waals surface area contributed by atoms with E-state index in [0.717, 1.165) is 42.8 Å². The summed E-state index contributed by atoms with van der Waals surface area (Å²) in [7, 11) is -2.33. The van der Waals surface area contributed by atoms with Gasteiger partial charge in [-0.15, -0.1) is 0 Å². The molecule has 0 saturated heterocycles. The predicted molar refractivity (Wildman–Crippen MR) is 179 cm³/mol. The number of carbonyl (C=O) groups is 1. The minimum Gasteiger partial charge on any atom is -0.356 e. The van der Waals surface area contributed by atoms with Gasteiger partial charge in [0.15, 0.2) is 5.71 Å². The number of benzene rings is 2. The van der Waals surface area contributed by atoms with Gasteiger partial charge in [-0.25, -0.2) is 0 Å². The van der Waals surface area contributed by atoms with E-state index >= 15 is 0 Å². The molecule has 0 radical (unpaired) electrons. The maximum absolute atomic E-state index is 12.2. The quantitative estimate of drug-likeness (QED) is 0.0620. The van der Waals surface area contributed by atoms with Gasteiger partial charge >= 0.3 is 0 Å². The number of azide groups is 1. The van der Waals surface area contributed by atoms with Gasteiger partial charge in [0.2, 0.25) is 11.6 Å². The number of allylic oxidation sites excluding steroid dienone is 4. The number of hydrogen-bond acceptors (Lipinski definition) is 5. The summed E-state index contributed by atoms with van der Waals surface area (Å²) in [6, 6.07) is 11.4. The second-order valence-electron chi connectivity index (χ2n) is 12.9. The zero-order chi connectivity index (χ0) is 33.0. The minimum atomic E-state index is -4.30. The van der Waals surface area contributed by atoms with E-state index in [0.29, 0.717) is 25.9 Å². The van der Waals surface area contributed by atoms with Crippen molar-refractivity contribution >= 4 is 33.1 Å². The zero-order valence-corrected chi connectivity index (χ0v) is 28.0. The van der Waals surface area contributed by atoms with E-state index in [2.05, 4.69) is 95.9 Å². The molecule has 0 bridgehead atoms. The third kappa shape index (κ3) is 7.32. The van der Waals surface area contributed by atoms with Crippen molar-refractivity contribution < 1.29 is 22.3 Å². The van der Waals surface area contributed by atoms with Crippen molar-refractivity contribution in [3.63, 3.8) is 0 Å². The Hall–Kier alpha value is -3.92. The molecule has 0 saturated carbocycles. The van der Waals surface area contributed by atoms with E-state index in [-0.39, 0.29) is 16.2 Å². The fourth-order valence-electron chi connectivity index (χ4n) is 6.48. The molecule has 2 aliphatic rings. The van der Waals surface area contributed by atoms with Gasteiger partial charge in [-0.3, -0.25) is 9.35 Å². The lowest BCUT2D eigenvalue weighted by Crippen LogP contribution is -2.28. The van der Waals surface area contributed by atoms with Crippen LogP contribution < -0.4 is 10.2 Å². The number of hydrogen-bond donors (Lipinski definition) is 2. The SMILES string of the molecule is Cc1ccc2c(c1)C(C)(C)C(=CC=CC1=[N+](C)c3ccc(S(=O)(=O)O)cc3C1(C)C)N2CCCCCC(=O)NCCCN=[N+]=[N-]. The van der Waals surface area contributed by atoms with Crippen LogP contribution in [0.1, 0.15) is 76.5 Å². The smallest absolute Gasteiger partial charge is 0.294 e. The van der Waals surface area contributed by atoms with E-state index in [1.165, 1.54) is 28.6 Å². The number of amides is 1. The molecule has 0 spiro atoms. The van der Waals surface area contributed by atoms with Crippen molar-refractivity contribution in [2.24, 2.45) is 5.11 Å². The Balaban J connectivity index is 1.50. The van der Waals surface area contributed by atoms with Crippen molar-refractivity contribution in [1.29, 1.82) is 0 Å². The maximum Gasteiger partial charge on any atom is 0.294 e. The Labute approximate surface area is 266 Å². The first kappa shape index (κ1) is 34.0. The van der Waals surface area contributed by atoms with E-state index in [4.69, 9.17) is 5.53 Å². The number of anilines is 1. The molecular formula is C34H45N6O4S+. The van der Waals surface area contributed by atoms with Crippen molar-refractivity contribution in [2.45, 2.75) is 82.4 Å². The van der Waals surface area contributed by atoms with Crippen LogP contribution in [-0.2, 0) is 25.7 Å². The predicted octanol–water partition coefficient (Wildman–Crippen LogP) is 6.86. The van der Waals surface area contributed by atoms with E-state index in [1.807, 2.05) is 7.05 Å². The molecular weight excluding hydrogens is 588 g/mol. The fourth-order valence-corrected chi connectivity index (χ4v) is 6.99. The van der Waals surface area contributed by atoms with Gasteiger partial charge in [-0.05, 0) is 75.4 Å². The number of nitrogens with one attached hydrogen (secondary N) is 1. The second-order valence-corrected chi connectivity index (χ2v) is 14.3. The third-order valence-corrected chi connectivity index (χ3v) is 9.81. The fraction of sp³-hybridized carbons (Fsp3) is 0.471. The Morgan fingerprint density at radius 2 is 1.82 bits per heavy atom. The van der Waals surface area contributed by atoms with E-state index < -0.39 is 15.5 Å². The van der Waals surface area contributed by atoms with Gasteiger partial charge in [-0.2, -0.15) is 13.0 Å². The van der Waals surface area contributed by atoms with Crippen LogP contribution in [0.3, 0.4) is 0 Å². The lowest BCUT2D eigenvalue weighted by molar-refractivity contribution is -0.401. The molecule has 2 aromatic rings. The van der Waals surface area contributed by atoms with E-state index in [9.17, 15) is 17.8 Å². The summed E-state index contributed by atoms with van der Waals surface area (Å²) in [5.41, 5.74) is 15.4. The average Bonchev–Trinajstić information content (AvgIpc) is 3.30. The molecule has 0 unspecified atom stereocenters. The highest BCUT2D eigenvalue weighted by atomic mass is 32.2. The second kappa shape index (κ2) is 13.6. The van der Waals surface area contributed by atoms with Crippen molar-refractivity contribution in [3.8, 4) is 0 Å². The molecule has 240 valence electrons. The first-order valence-electron chi connectivity index (χ1n) is 15.5. The number of nitrogens with zero attached hydrogens (tertiary/aromatic N) is 5. The molecule has 10 nitrogen and oxygen atoms in total. The normalized spacial score (nSPS) is 17.5. The molecule has 2 aliphatic heterocycles. The molecule has 2 heterocycles. The molecule has 11 heteroatoms. The monoisotopic (exact) mass is 633 g/mol. The highest BCUT2D eigenvalue weighted by Crippen LogP contribution is 2.48. The van der Waals surface area contributed by atoms with Gasteiger partial charge in [0, 0.05) is 65.5 Å². The highest BCUT2D eigenvalue weighted by Gasteiger charge is 2.44. The van der Waals surface area contributed by atoms with Gasteiger partial charge in [-0.1, -0.05) is 49.2 Å². The van der Waals surface area contributed by atoms with Crippen LogP contribution in [-0.4, -0.2) is 55.8 Å². The molecule has 0 atom stereocenters. The lowest BCUT2D eigenvalue weighted by atomic mass is 9.81. The van der Waals surface area contributed by atoms with Crippen LogP contribution in [0, 0.1) is 6.92 Å². The lowest BCUT2D eigenvalue weighted by Gasteiger charge is -2.27. The summed E-state index contributed by atoms with van der Waals surface area (Å²) in [5, 5.41) is 6.37. The Kier molecular flexibility index (Phi) is 10.3. The third-order valence-electron chi connectivity index (χ3n) is 8.96. The number of fused-ring (bicyclic) bond motifs is 2. The largest absolute Gasteiger partial charge is 0.356 e. The number of carbonyl (C=O) groups excluding carboxylic acids is 1. The minimum absolute atomic E-state index is 0.0263. The van der Waals surface area contributed by atoms with Gasteiger partial charge < -0.3 is 10.2 Å². The molecule has 0 aromatic heterocycles. The number of rotatable bonds is 13. The molecule has 0 aliphatic carbocycles. The standard InChI is InChI=1S/C34H44N6O4S/c1-24-15-17-29-26(22-24)34(4,5)31(40(29)21-9-7-8-14-32(41)36-19-11-20-37-38-35)13-10-12-30-33(2,3)27-23-25(45(42,43)44)16-18-28(27)39(30)6/h10,12-13,15-18,22-23H,7-9,11,14,19-21H2,1-6H3,(H-,36,41,42,43,44)/p+1. The van der Waals surface area contributed by atoms with Crippen LogP contribution in [0.15, 0.2) is 70.3 Å². The molecule has 0 fully saturated rings. The van der Waals surface area contributed by atoms with Crippen LogP contribution in [0.2, 0.25) is 0 Å². The summed E-state index contributed by atoms with van der Waals surface area (Å²) >= 11 is 0. The van der Waals surface area contributed by atoms with E-state index in [1.54, 1.807) is 12.1 Å². The van der Waals surface area contributed by atoms with Gasteiger partial charge in [0.1, 0.15) is 7.05 Å². The molecule has 2 N–H and O–H groups in total. The topological polar surface area (TPSA) is 138 Å². The Morgan fingerprint density at radius 1 is 1.07 bits per heavy atom. The summed E-state index contributed by atoms with van der Waals surface area (Å²) in [6.07, 6.45) is 10.1. The van der Waals surface area contributed by atoms with Crippen molar-refractivity contribution in [3.05, 3.63) is 87.5 Å². The number of unbranched alkanes of at least 4 members (excludes halogenated alkanes) is 2. The van der Waals surface area contributed by atoms with Crippen LogP contribution in [0.4, 0.5) is 11.4 Å². The Bertz CT molecular complexity index is 1720. The maximum atomic E-state index is 12.2.